The summed E-state index contributed by atoms with van der Waals surface area (Å²) in [6.45, 7) is 3.45. The lowest BCUT2D eigenvalue weighted by molar-refractivity contribution is -0.143. The molecule has 2 unspecified atom stereocenters. The van der Waals surface area contributed by atoms with E-state index in [-0.39, 0.29) is 24.3 Å². The van der Waals surface area contributed by atoms with Crippen LogP contribution in [-0.4, -0.2) is 28.5 Å². The van der Waals surface area contributed by atoms with Crippen molar-refractivity contribution in [3.8, 4) is 0 Å². The Kier molecular flexibility index (Phi) is 7.72. The fourth-order valence-corrected chi connectivity index (χ4v) is 0.913. The molecule has 0 spiro atoms. The third-order valence-corrected chi connectivity index (χ3v) is 2.36. The second-order valence-corrected chi connectivity index (χ2v) is 3.27. The quantitative estimate of drug-likeness (QED) is 0.408. The van der Waals surface area contributed by atoms with Crippen LogP contribution in [-0.2, 0) is 4.79 Å². The summed E-state index contributed by atoms with van der Waals surface area (Å²) in [4.78, 5) is 10.7. The van der Waals surface area contributed by atoms with Crippen molar-refractivity contribution in [3.05, 3.63) is 0 Å². The molecule has 13 heavy (non-hydrogen) atoms. The van der Waals surface area contributed by atoms with Gasteiger partial charge in [-0.15, -0.1) is 12.4 Å². The number of carboxylic acids is 1. The second-order valence-electron chi connectivity index (χ2n) is 2.95. The molecule has 80 valence electrons. The van der Waals surface area contributed by atoms with E-state index in [4.69, 9.17) is 10.8 Å². The van der Waals surface area contributed by atoms with E-state index in [1.807, 2.05) is 6.92 Å². The molecule has 4 nitrogen and oxygen atoms in total. The van der Waals surface area contributed by atoms with Crippen LogP contribution in [0.2, 0.25) is 0 Å². The average molecular weight is 229 g/mol. The van der Waals surface area contributed by atoms with Gasteiger partial charge in [-0.05, 0) is 13.3 Å². The van der Waals surface area contributed by atoms with Crippen LogP contribution in [0.1, 0.15) is 20.3 Å². The van der Waals surface area contributed by atoms with Gasteiger partial charge in [0.1, 0.15) is 5.54 Å². The standard InChI is InChI=1S/C7H16N2O2S.ClH/c1-3-5(8)9-7(2,4-12)6(10)11;/h5,9,12H,3-4,8H2,1-2H3,(H,10,11);1H. The number of nitrogens with two attached hydrogens (primary N) is 1. The van der Waals surface area contributed by atoms with Gasteiger partial charge >= 0.3 is 5.97 Å². The van der Waals surface area contributed by atoms with Crippen LogP contribution in [0.4, 0.5) is 0 Å². The summed E-state index contributed by atoms with van der Waals surface area (Å²) in [5.41, 5.74) is 4.53. The number of halogens is 1. The van der Waals surface area contributed by atoms with E-state index >= 15 is 0 Å². The fraction of sp³-hybridized carbons (Fsp3) is 0.857. The van der Waals surface area contributed by atoms with E-state index < -0.39 is 11.5 Å². The molecule has 0 aliphatic carbocycles. The van der Waals surface area contributed by atoms with Gasteiger partial charge in [0.05, 0.1) is 6.17 Å². The summed E-state index contributed by atoms with van der Waals surface area (Å²) >= 11 is 3.96. The maximum absolute atomic E-state index is 10.7. The van der Waals surface area contributed by atoms with Crippen molar-refractivity contribution in [2.24, 2.45) is 5.73 Å². The number of aliphatic carboxylic acids is 1. The highest BCUT2D eigenvalue weighted by Gasteiger charge is 2.32. The van der Waals surface area contributed by atoms with Crippen LogP contribution in [0.5, 0.6) is 0 Å². The molecule has 0 rings (SSSR count). The highest BCUT2D eigenvalue weighted by molar-refractivity contribution is 7.80. The zero-order valence-electron chi connectivity index (χ0n) is 7.78. The fourth-order valence-electron chi connectivity index (χ4n) is 0.686. The topological polar surface area (TPSA) is 75.3 Å². The number of hydrogen-bond donors (Lipinski definition) is 4. The van der Waals surface area contributed by atoms with Crippen molar-refractivity contribution in [3.63, 3.8) is 0 Å². The van der Waals surface area contributed by atoms with Gasteiger partial charge in [-0.2, -0.15) is 12.6 Å². The van der Waals surface area contributed by atoms with Crippen LogP contribution in [0.25, 0.3) is 0 Å². The first-order chi connectivity index (χ1) is 5.46. The van der Waals surface area contributed by atoms with Gasteiger partial charge in [-0.25, -0.2) is 0 Å². The molecule has 6 heteroatoms. The number of hydrogen-bond acceptors (Lipinski definition) is 4. The van der Waals surface area contributed by atoms with Crippen LogP contribution in [0, 0.1) is 0 Å². The molecule has 0 aromatic heterocycles. The molecular formula is C7H17ClN2O2S. The zero-order chi connectivity index (χ0) is 9.78. The molecule has 0 aromatic carbocycles. The summed E-state index contributed by atoms with van der Waals surface area (Å²) in [6, 6.07) is 0. The first kappa shape index (κ1) is 15.5. The molecule has 0 heterocycles. The molecule has 2 atom stereocenters. The minimum Gasteiger partial charge on any atom is -0.480 e. The Morgan fingerprint density at radius 2 is 2.23 bits per heavy atom. The van der Waals surface area contributed by atoms with Crippen molar-refractivity contribution in [1.29, 1.82) is 0 Å². The molecule has 0 radical (unpaired) electrons. The summed E-state index contributed by atoms with van der Waals surface area (Å²) in [5, 5.41) is 11.6. The Bertz CT molecular complexity index is 171. The highest BCUT2D eigenvalue weighted by atomic mass is 35.5. The van der Waals surface area contributed by atoms with Crippen LogP contribution in [0.3, 0.4) is 0 Å². The second kappa shape index (κ2) is 6.48. The minimum absolute atomic E-state index is 0. The van der Waals surface area contributed by atoms with Crippen molar-refractivity contribution in [2.75, 3.05) is 5.75 Å². The van der Waals surface area contributed by atoms with Crippen molar-refractivity contribution in [1.82, 2.24) is 5.32 Å². The van der Waals surface area contributed by atoms with Gasteiger partial charge in [0, 0.05) is 5.75 Å². The summed E-state index contributed by atoms with van der Waals surface area (Å²) in [5.74, 6) is -0.711. The molecule has 0 bridgehead atoms. The number of rotatable bonds is 5. The first-order valence-corrected chi connectivity index (χ1v) is 4.47. The molecule has 0 saturated heterocycles. The van der Waals surface area contributed by atoms with Crippen molar-refractivity contribution >= 4 is 31.0 Å². The molecular weight excluding hydrogens is 212 g/mol. The molecule has 0 amide bonds. The van der Waals surface area contributed by atoms with E-state index in [0.717, 1.165) is 0 Å². The highest BCUT2D eigenvalue weighted by Crippen LogP contribution is 2.07. The largest absolute Gasteiger partial charge is 0.480 e. The third kappa shape index (κ3) is 4.71. The number of thiol groups is 1. The van der Waals surface area contributed by atoms with E-state index in [0.29, 0.717) is 6.42 Å². The Morgan fingerprint density at radius 1 is 1.77 bits per heavy atom. The number of nitrogens with one attached hydrogen (secondary N) is 1. The van der Waals surface area contributed by atoms with Gasteiger partial charge in [0.15, 0.2) is 0 Å². The van der Waals surface area contributed by atoms with E-state index in [1.54, 1.807) is 6.92 Å². The predicted octanol–water partition coefficient (Wildman–Crippen LogP) is 0.466. The zero-order valence-corrected chi connectivity index (χ0v) is 9.49. The smallest absolute Gasteiger partial charge is 0.324 e. The summed E-state index contributed by atoms with van der Waals surface area (Å²) < 4.78 is 0. The third-order valence-electron chi connectivity index (χ3n) is 1.73. The number of carboxylic acid groups (broad SMARTS) is 1. The molecule has 0 aliphatic rings. The minimum atomic E-state index is -1.03. The molecule has 0 fully saturated rings. The van der Waals surface area contributed by atoms with Crippen LogP contribution < -0.4 is 11.1 Å². The lowest BCUT2D eigenvalue weighted by Gasteiger charge is -2.27. The van der Waals surface area contributed by atoms with E-state index in [1.165, 1.54) is 0 Å². The van der Waals surface area contributed by atoms with E-state index in [9.17, 15) is 4.79 Å². The van der Waals surface area contributed by atoms with Gasteiger partial charge < -0.3 is 10.8 Å². The van der Waals surface area contributed by atoms with Crippen LogP contribution in [0.15, 0.2) is 0 Å². The summed E-state index contributed by atoms with van der Waals surface area (Å²) in [6.07, 6.45) is 0.398. The Balaban J connectivity index is 0. The number of carbonyl (C=O) groups is 1. The lowest BCUT2D eigenvalue weighted by atomic mass is 10.1. The Labute approximate surface area is 90.1 Å². The molecule has 0 saturated carbocycles. The maximum Gasteiger partial charge on any atom is 0.324 e. The molecule has 0 aromatic rings. The van der Waals surface area contributed by atoms with Gasteiger partial charge in [-0.3, -0.25) is 10.1 Å². The molecule has 0 aliphatic heterocycles. The van der Waals surface area contributed by atoms with E-state index in [2.05, 4.69) is 17.9 Å². The van der Waals surface area contributed by atoms with Gasteiger partial charge in [-0.1, -0.05) is 6.92 Å². The Morgan fingerprint density at radius 3 is 2.46 bits per heavy atom. The average Bonchev–Trinajstić information content (AvgIpc) is 2.03. The van der Waals surface area contributed by atoms with Crippen LogP contribution >= 0.6 is 25.0 Å². The maximum atomic E-state index is 10.7. The monoisotopic (exact) mass is 228 g/mol. The van der Waals surface area contributed by atoms with Gasteiger partial charge in [0.2, 0.25) is 0 Å². The first-order valence-electron chi connectivity index (χ1n) is 3.83. The molecule has 4 N–H and O–H groups in total. The summed E-state index contributed by atoms with van der Waals surface area (Å²) in [7, 11) is 0. The SMILES string of the molecule is CCC(N)NC(C)(CS)C(=O)O.Cl. The van der Waals surface area contributed by atoms with Crippen molar-refractivity contribution < 1.29 is 9.90 Å². The predicted molar refractivity (Wildman–Crippen MR) is 58.5 cm³/mol. The lowest BCUT2D eigenvalue weighted by Crippen LogP contribution is -2.57. The van der Waals surface area contributed by atoms with Crippen molar-refractivity contribution in [2.45, 2.75) is 32.0 Å². The normalized spacial score (nSPS) is 16.9. The Hall–Kier alpha value is 0.0300. The van der Waals surface area contributed by atoms with Gasteiger partial charge in [0.25, 0.3) is 0 Å².